The van der Waals surface area contributed by atoms with Gasteiger partial charge in [0.1, 0.15) is 23.2 Å². The van der Waals surface area contributed by atoms with Crippen molar-refractivity contribution in [3.63, 3.8) is 0 Å². The third-order valence-corrected chi connectivity index (χ3v) is 9.21. The van der Waals surface area contributed by atoms with E-state index in [1.807, 2.05) is 0 Å². The summed E-state index contributed by atoms with van der Waals surface area (Å²) in [5.74, 6) is 0. The monoisotopic (exact) mass is 395 g/mol. The summed E-state index contributed by atoms with van der Waals surface area (Å²) < 4.78 is 0. The van der Waals surface area contributed by atoms with Gasteiger partial charge in [-0.15, -0.1) is 0 Å². The molecule has 0 saturated heterocycles. The molecule has 0 unspecified atom stereocenters. The first-order chi connectivity index (χ1) is 13.6. The Balaban J connectivity index is 0.000000640. The summed E-state index contributed by atoms with van der Waals surface area (Å²) >= 11 is 0. The molecule has 0 heterocycles. The number of hydrogen-bond donors (Lipinski definition) is 3. The van der Waals surface area contributed by atoms with Crippen LogP contribution in [0, 0.1) is 0 Å². The standard InChI is InChI=1S/C23H26P.BH3O3/c1-2-3-13-20-24(21-14-7-4-8-15-21,22-16-9-5-10-17-22)23-18-11-6-12-19-23;2-1(3)4/h4-12,14-19H,2-3,13,20H2,1H3;2-4H/q+1;. The Labute approximate surface area is 169 Å². The minimum absolute atomic E-state index is 1.25. The van der Waals surface area contributed by atoms with Gasteiger partial charge in [0, 0.05) is 0 Å². The van der Waals surface area contributed by atoms with E-state index in [9.17, 15) is 0 Å². The zero-order chi connectivity index (χ0) is 20.2. The summed E-state index contributed by atoms with van der Waals surface area (Å²) in [6.45, 7) is 2.29. The van der Waals surface area contributed by atoms with E-state index in [-0.39, 0.29) is 0 Å². The molecule has 28 heavy (non-hydrogen) atoms. The van der Waals surface area contributed by atoms with Gasteiger partial charge in [0.2, 0.25) is 0 Å². The summed E-state index contributed by atoms with van der Waals surface area (Å²) in [7, 11) is -3.75. The Hall–Kier alpha value is -1.97. The highest BCUT2D eigenvalue weighted by atomic mass is 31.2. The summed E-state index contributed by atoms with van der Waals surface area (Å²) in [6.07, 6.45) is 5.09. The number of rotatable bonds is 7. The molecule has 0 spiro atoms. The van der Waals surface area contributed by atoms with Gasteiger partial charge in [0.25, 0.3) is 0 Å². The molecule has 0 bridgehead atoms. The average molecular weight is 395 g/mol. The highest BCUT2D eigenvalue weighted by Crippen LogP contribution is 2.55. The van der Waals surface area contributed by atoms with Gasteiger partial charge in [-0.3, -0.25) is 0 Å². The smallest absolute Gasteiger partial charge is 0.402 e. The van der Waals surface area contributed by atoms with E-state index in [2.05, 4.69) is 97.9 Å². The highest BCUT2D eigenvalue weighted by Gasteiger charge is 2.44. The molecule has 0 aliphatic heterocycles. The van der Waals surface area contributed by atoms with Crippen LogP contribution in [-0.4, -0.2) is 28.6 Å². The van der Waals surface area contributed by atoms with Crippen LogP contribution in [0.15, 0.2) is 91.0 Å². The molecular weight excluding hydrogens is 366 g/mol. The van der Waals surface area contributed by atoms with Crippen LogP contribution < -0.4 is 15.9 Å². The predicted molar refractivity (Wildman–Crippen MR) is 122 cm³/mol. The first-order valence-electron chi connectivity index (χ1n) is 9.70. The zero-order valence-corrected chi connectivity index (χ0v) is 17.2. The lowest BCUT2D eigenvalue weighted by molar-refractivity contribution is 0.278. The van der Waals surface area contributed by atoms with E-state index >= 15 is 0 Å². The molecule has 0 saturated carbocycles. The molecule has 3 N–H and O–H groups in total. The zero-order valence-electron chi connectivity index (χ0n) is 16.4. The Morgan fingerprint density at radius 2 is 0.929 bits per heavy atom. The lowest BCUT2D eigenvalue weighted by atomic mass is 10.3. The molecule has 0 aliphatic rings. The van der Waals surface area contributed by atoms with E-state index in [0.29, 0.717) is 0 Å². The van der Waals surface area contributed by atoms with E-state index in [4.69, 9.17) is 15.1 Å². The summed E-state index contributed by atoms with van der Waals surface area (Å²) in [6, 6.07) is 33.5. The third-order valence-electron chi connectivity index (χ3n) is 4.69. The molecule has 0 amide bonds. The van der Waals surface area contributed by atoms with E-state index in [1.165, 1.54) is 41.3 Å². The van der Waals surface area contributed by atoms with Crippen LogP contribution in [0.25, 0.3) is 0 Å². The molecule has 146 valence electrons. The van der Waals surface area contributed by atoms with Crippen LogP contribution in [0.2, 0.25) is 0 Å². The van der Waals surface area contributed by atoms with E-state index in [1.54, 1.807) is 0 Å². The lowest BCUT2D eigenvalue weighted by Gasteiger charge is -2.27. The van der Waals surface area contributed by atoms with Gasteiger partial charge in [-0.1, -0.05) is 74.4 Å². The minimum Gasteiger partial charge on any atom is -0.402 e. The van der Waals surface area contributed by atoms with Crippen LogP contribution in [0.4, 0.5) is 0 Å². The van der Waals surface area contributed by atoms with Crippen LogP contribution in [0.1, 0.15) is 26.2 Å². The van der Waals surface area contributed by atoms with Gasteiger partial charge in [-0.05, 0) is 42.8 Å². The van der Waals surface area contributed by atoms with Gasteiger partial charge < -0.3 is 15.1 Å². The summed E-state index contributed by atoms with van der Waals surface area (Å²) in [5.41, 5.74) is 0. The second-order valence-electron chi connectivity index (χ2n) is 6.59. The van der Waals surface area contributed by atoms with E-state index in [0.717, 1.165) is 0 Å². The molecule has 5 heteroatoms. The quantitative estimate of drug-likeness (QED) is 0.327. The SMILES string of the molecule is CCCCC[P+](c1ccccc1)(c1ccccc1)c1ccccc1.OB(O)O. The number of benzene rings is 3. The fourth-order valence-corrected chi connectivity index (χ4v) is 7.89. The first kappa shape index (κ1) is 22.3. The topological polar surface area (TPSA) is 60.7 Å². The molecule has 3 aromatic rings. The number of unbranched alkanes of at least 4 members (excludes halogenated alkanes) is 2. The normalized spacial score (nSPS) is 10.7. The van der Waals surface area contributed by atoms with Crippen molar-refractivity contribution in [2.24, 2.45) is 0 Å². The fourth-order valence-electron chi connectivity index (χ4n) is 3.48. The van der Waals surface area contributed by atoms with Gasteiger partial charge in [0.15, 0.2) is 0 Å². The van der Waals surface area contributed by atoms with Gasteiger partial charge in [-0.2, -0.15) is 0 Å². The third kappa shape index (κ3) is 6.02. The largest absolute Gasteiger partial charge is 0.631 e. The van der Waals surface area contributed by atoms with Crippen molar-refractivity contribution >= 4 is 30.5 Å². The molecule has 3 nitrogen and oxygen atoms in total. The van der Waals surface area contributed by atoms with Gasteiger partial charge in [0.05, 0.1) is 6.16 Å². The summed E-state index contributed by atoms with van der Waals surface area (Å²) in [4.78, 5) is 0. The Bertz CT molecular complexity index is 683. The van der Waals surface area contributed by atoms with Crippen LogP contribution in [0.5, 0.6) is 0 Å². The Morgan fingerprint density at radius 3 is 1.21 bits per heavy atom. The van der Waals surface area contributed by atoms with Crippen molar-refractivity contribution in [1.82, 2.24) is 0 Å². The molecule has 3 aromatic carbocycles. The average Bonchev–Trinajstić information content (AvgIpc) is 2.73. The second kappa shape index (κ2) is 11.8. The van der Waals surface area contributed by atoms with Crippen molar-refractivity contribution in [3.05, 3.63) is 91.0 Å². The Morgan fingerprint density at radius 1 is 0.607 bits per heavy atom. The second-order valence-corrected chi connectivity index (χ2v) is 10.2. The van der Waals surface area contributed by atoms with Crippen LogP contribution in [0.3, 0.4) is 0 Å². The maximum Gasteiger partial charge on any atom is 0.631 e. The van der Waals surface area contributed by atoms with Crippen LogP contribution >= 0.6 is 7.26 Å². The maximum atomic E-state index is 7.17. The van der Waals surface area contributed by atoms with Crippen molar-refractivity contribution in [1.29, 1.82) is 0 Å². The van der Waals surface area contributed by atoms with Gasteiger partial charge >= 0.3 is 7.32 Å². The highest BCUT2D eigenvalue weighted by molar-refractivity contribution is 7.95. The molecule has 0 atom stereocenters. The molecule has 0 fully saturated rings. The number of hydrogen-bond acceptors (Lipinski definition) is 3. The fraction of sp³-hybridized carbons (Fsp3) is 0.217. The van der Waals surface area contributed by atoms with Crippen molar-refractivity contribution in [2.75, 3.05) is 6.16 Å². The molecule has 0 radical (unpaired) electrons. The summed E-state index contributed by atoms with van der Waals surface area (Å²) in [5, 5.41) is 26.0. The molecular formula is C23H29BO3P+. The first-order valence-corrected chi connectivity index (χ1v) is 11.7. The van der Waals surface area contributed by atoms with Crippen molar-refractivity contribution in [2.45, 2.75) is 26.2 Å². The lowest BCUT2D eigenvalue weighted by Crippen LogP contribution is -2.33. The molecule has 0 aliphatic carbocycles. The van der Waals surface area contributed by atoms with Crippen LogP contribution in [-0.2, 0) is 0 Å². The Kier molecular flexibility index (Phi) is 9.39. The predicted octanol–water partition coefficient (Wildman–Crippen LogP) is 3.12. The van der Waals surface area contributed by atoms with E-state index < -0.39 is 14.6 Å². The molecule has 0 aromatic heterocycles. The van der Waals surface area contributed by atoms with Crippen molar-refractivity contribution in [3.8, 4) is 0 Å². The maximum absolute atomic E-state index is 7.17. The van der Waals surface area contributed by atoms with Crippen molar-refractivity contribution < 1.29 is 15.1 Å². The minimum atomic E-state index is -2.17. The molecule has 3 rings (SSSR count). The van der Waals surface area contributed by atoms with Gasteiger partial charge in [-0.25, -0.2) is 0 Å².